The van der Waals surface area contributed by atoms with Gasteiger partial charge in [-0.15, -0.1) is 0 Å². The number of fused-ring (bicyclic) bond motifs is 3. The van der Waals surface area contributed by atoms with Gasteiger partial charge in [-0.2, -0.15) is 13.2 Å². The Morgan fingerprint density at radius 1 is 1.00 bits per heavy atom. The zero-order valence-electron chi connectivity index (χ0n) is 32.1. The monoisotopic (exact) mass is 835 g/mol. The number of ether oxygens (including phenoxy) is 2. The molecule has 3 aliphatic heterocycles. The van der Waals surface area contributed by atoms with Crippen LogP contribution in [-0.2, 0) is 53.1 Å². The third-order valence-electron chi connectivity index (χ3n) is 10.5. The molecule has 314 valence electrons. The Balaban J connectivity index is 1.27. The summed E-state index contributed by atoms with van der Waals surface area (Å²) in [6, 6.07) is 4.73. The summed E-state index contributed by atoms with van der Waals surface area (Å²) < 4.78 is 94.3. The number of hydrogen-bond donors (Lipinski definition) is 3. The maximum atomic E-state index is 14.5. The van der Waals surface area contributed by atoms with Gasteiger partial charge in [-0.3, -0.25) is 19.3 Å². The highest BCUT2D eigenvalue weighted by molar-refractivity contribution is 7.90. The molecular weight excluding hydrogens is 791 g/mol. The van der Waals surface area contributed by atoms with Crippen molar-refractivity contribution in [1.29, 1.82) is 0 Å². The van der Waals surface area contributed by atoms with Gasteiger partial charge in [0.1, 0.15) is 35.1 Å². The van der Waals surface area contributed by atoms with Crippen LogP contribution in [0.1, 0.15) is 82.4 Å². The molecule has 2 aromatic carbocycles. The molecule has 2 aromatic rings. The average molecular weight is 836 g/mol. The van der Waals surface area contributed by atoms with Crippen LogP contribution < -0.4 is 15.4 Å². The molecule has 1 saturated carbocycles. The van der Waals surface area contributed by atoms with E-state index in [4.69, 9.17) is 9.47 Å². The van der Waals surface area contributed by atoms with E-state index in [0.717, 1.165) is 17.0 Å². The van der Waals surface area contributed by atoms with E-state index in [1.807, 2.05) is 4.72 Å². The molecule has 2 fully saturated rings. The Morgan fingerprint density at radius 3 is 2.45 bits per heavy atom. The molecule has 14 nitrogen and oxygen atoms in total. The summed E-state index contributed by atoms with van der Waals surface area (Å²) in [5.41, 5.74) is -3.12. The first-order chi connectivity index (χ1) is 27.2. The summed E-state index contributed by atoms with van der Waals surface area (Å²) in [6.45, 7) is 4.62. The van der Waals surface area contributed by atoms with Gasteiger partial charge in [-0.1, -0.05) is 43.2 Å². The van der Waals surface area contributed by atoms with Gasteiger partial charge in [0.05, 0.1) is 23.5 Å². The zero-order chi connectivity index (χ0) is 42.2. The summed E-state index contributed by atoms with van der Waals surface area (Å²) in [5, 5.41) is 5.23. The lowest BCUT2D eigenvalue weighted by Crippen LogP contribution is -2.58. The Kier molecular flexibility index (Phi) is 11.9. The van der Waals surface area contributed by atoms with Crippen molar-refractivity contribution in [2.75, 3.05) is 6.54 Å². The molecule has 0 spiro atoms. The highest BCUT2D eigenvalue weighted by atomic mass is 32.2. The first-order valence-corrected chi connectivity index (χ1v) is 20.4. The molecule has 58 heavy (non-hydrogen) atoms. The van der Waals surface area contributed by atoms with Crippen LogP contribution in [0.3, 0.4) is 0 Å². The number of nitrogens with zero attached hydrogens (tertiary/aromatic N) is 2. The van der Waals surface area contributed by atoms with Crippen LogP contribution >= 0.6 is 0 Å². The number of alkyl carbamates (subject to hydrolysis) is 1. The first-order valence-electron chi connectivity index (χ1n) is 18.9. The zero-order valence-corrected chi connectivity index (χ0v) is 32.9. The van der Waals surface area contributed by atoms with E-state index < -0.39 is 97.6 Å². The topological polar surface area (TPSA) is 181 Å². The van der Waals surface area contributed by atoms with Gasteiger partial charge in [0.15, 0.2) is 0 Å². The number of alkyl halides is 3. The number of hydrogen-bond acceptors (Lipinski definition) is 9. The van der Waals surface area contributed by atoms with Crippen molar-refractivity contribution in [3.63, 3.8) is 0 Å². The lowest BCUT2D eigenvalue weighted by Gasteiger charge is -2.30. The molecule has 1 aliphatic carbocycles. The highest BCUT2D eigenvalue weighted by Gasteiger charge is 2.62. The summed E-state index contributed by atoms with van der Waals surface area (Å²) in [5.74, 6) is -4.03. The summed E-state index contributed by atoms with van der Waals surface area (Å²) in [6.07, 6.45) is -2.14. The van der Waals surface area contributed by atoms with Crippen molar-refractivity contribution < 1.29 is 59.4 Å². The predicted octanol–water partition coefficient (Wildman–Crippen LogP) is 5.06. The number of carbonyl (C=O) groups excluding carboxylic acids is 5. The summed E-state index contributed by atoms with van der Waals surface area (Å²) in [7, 11) is -4.87. The van der Waals surface area contributed by atoms with Crippen LogP contribution in [0.2, 0.25) is 0 Å². The second kappa shape index (κ2) is 16.2. The van der Waals surface area contributed by atoms with Gasteiger partial charge in [-0.25, -0.2) is 27.1 Å². The maximum absolute atomic E-state index is 14.5. The quantitative estimate of drug-likeness (QED) is 0.274. The molecule has 4 aliphatic rings. The highest BCUT2D eigenvalue weighted by Crippen LogP contribution is 2.46. The number of rotatable bonds is 5. The van der Waals surface area contributed by atoms with Gasteiger partial charge in [0.2, 0.25) is 11.8 Å². The van der Waals surface area contributed by atoms with Crippen molar-refractivity contribution in [3.8, 4) is 0 Å². The summed E-state index contributed by atoms with van der Waals surface area (Å²) >= 11 is 0. The van der Waals surface area contributed by atoms with Crippen molar-refractivity contribution in [2.45, 2.75) is 119 Å². The number of allylic oxidation sites excluding steroid dienone is 1. The predicted molar refractivity (Wildman–Crippen MR) is 197 cm³/mol. The van der Waals surface area contributed by atoms with Crippen molar-refractivity contribution >= 4 is 39.9 Å². The van der Waals surface area contributed by atoms with E-state index in [1.165, 1.54) is 17.0 Å². The van der Waals surface area contributed by atoms with Gasteiger partial charge < -0.3 is 25.0 Å². The third kappa shape index (κ3) is 9.56. The van der Waals surface area contributed by atoms with Crippen LogP contribution in [0.5, 0.6) is 0 Å². The van der Waals surface area contributed by atoms with Crippen LogP contribution in [0, 0.1) is 11.7 Å². The molecule has 0 radical (unpaired) electrons. The number of carbonyl (C=O) groups is 5. The number of halogens is 4. The number of nitrogens with one attached hydrogen (secondary N) is 3. The molecule has 1 saturated heterocycles. The largest absolute Gasteiger partial charge is 0.444 e. The molecule has 19 heteroatoms. The Morgan fingerprint density at radius 2 is 1.74 bits per heavy atom. The minimum absolute atomic E-state index is 0.0586. The number of sulfonamides is 1. The Labute approximate surface area is 332 Å². The average Bonchev–Trinajstić information content (AvgIpc) is 3.42. The van der Waals surface area contributed by atoms with E-state index >= 15 is 0 Å². The van der Waals surface area contributed by atoms with E-state index in [-0.39, 0.29) is 38.9 Å². The smallest absolute Gasteiger partial charge is 0.416 e. The van der Waals surface area contributed by atoms with Crippen molar-refractivity contribution in [3.05, 3.63) is 77.1 Å². The molecule has 3 N–H and O–H groups in total. The summed E-state index contributed by atoms with van der Waals surface area (Å²) in [4.78, 5) is 70.5. The second-order valence-electron chi connectivity index (χ2n) is 16.0. The van der Waals surface area contributed by atoms with Crippen molar-refractivity contribution in [2.24, 2.45) is 5.92 Å². The SMILES string of the molecule is CC(C)(C)OC(=O)N[C@H]1CCCCCC=C[C@@H]2C[C@@]2(C(=O)NS(=O)(=O)c2cccc(C(F)(F)F)c2)NC(=O)[C@@H]2C[C@@H](OC(=O)N3Cc4cccc(F)c4C3)CN2C1=O. The van der Waals surface area contributed by atoms with Gasteiger partial charge in [0.25, 0.3) is 15.9 Å². The fourth-order valence-corrected chi connectivity index (χ4v) is 8.54. The molecule has 0 aromatic heterocycles. The van der Waals surface area contributed by atoms with Gasteiger partial charge >= 0.3 is 18.4 Å². The standard InChI is InChI=1S/C39H45F4N5O9S/c1-37(2,3)57-35(52)44-30-16-8-6-4-5-7-12-25-19-38(25,34(51)46-58(54,55)27-14-10-13-24(17-27)39(41,42)43)45-32(49)31-18-26(21-48(31)33(30)50)56-36(53)47-20-23-11-9-15-29(40)28(23)22-47/h7,9-15,17,25-26,30-31H,4-6,8,16,18-22H2,1-3H3,(H,44,52)(H,45,49)(H,46,51)/t25-,26-,30+,31+,38-/m1/s1. The van der Waals surface area contributed by atoms with Crippen LogP contribution in [-0.4, -0.2) is 84.0 Å². The normalized spacial score (nSPS) is 25.3. The molecule has 6 rings (SSSR count). The Hall–Kier alpha value is -5.20. The molecular formula is C39H45F4N5O9S. The maximum Gasteiger partial charge on any atom is 0.416 e. The van der Waals surface area contributed by atoms with E-state index in [2.05, 4.69) is 10.6 Å². The van der Waals surface area contributed by atoms with Gasteiger partial charge in [0, 0.05) is 24.4 Å². The fourth-order valence-electron chi connectivity index (χ4n) is 7.45. The Bertz CT molecular complexity index is 2110. The van der Waals surface area contributed by atoms with Gasteiger partial charge in [-0.05, 0) is 76.3 Å². The fraction of sp³-hybridized carbons (Fsp3) is 0.513. The minimum atomic E-state index is -4.87. The van der Waals surface area contributed by atoms with Crippen molar-refractivity contribution in [1.82, 2.24) is 25.2 Å². The third-order valence-corrected chi connectivity index (χ3v) is 11.8. The van der Waals surface area contributed by atoms with E-state index in [0.29, 0.717) is 48.9 Å². The van der Waals surface area contributed by atoms with Crippen LogP contribution in [0.25, 0.3) is 0 Å². The van der Waals surface area contributed by atoms with Crippen LogP contribution in [0.15, 0.2) is 59.5 Å². The first kappa shape index (κ1) is 42.4. The lowest BCUT2D eigenvalue weighted by atomic mass is 10.0. The lowest BCUT2D eigenvalue weighted by molar-refractivity contribution is -0.141. The second-order valence-corrected chi connectivity index (χ2v) is 17.7. The molecule has 0 bridgehead atoms. The van der Waals surface area contributed by atoms with E-state index in [1.54, 1.807) is 39.0 Å². The number of benzene rings is 2. The van der Waals surface area contributed by atoms with Crippen LogP contribution in [0.4, 0.5) is 27.2 Å². The number of amides is 5. The molecule has 3 heterocycles. The molecule has 5 atom stereocenters. The van der Waals surface area contributed by atoms with E-state index in [9.17, 15) is 50.0 Å². The molecule has 0 unspecified atom stereocenters. The minimum Gasteiger partial charge on any atom is -0.444 e. The molecule has 5 amide bonds.